The molecule has 20 heavy (non-hydrogen) atoms. The molecule has 0 amide bonds. The van der Waals surface area contributed by atoms with Crippen molar-refractivity contribution in [1.29, 1.82) is 0 Å². The third-order valence-corrected chi connectivity index (χ3v) is 3.94. The quantitative estimate of drug-likeness (QED) is 0.883. The van der Waals surface area contributed by atoms with Crippen LogP contribution in [0.15, 0.2) is 35.7 Å². The third kappa shape index (κ3) is 2.80. The average molecular weight is 295 g/mol. The van der Waals surface area contributed by atoms with Gasteiger partial charge in [-0.3, -0.25) is 4.72 Å². The topological polar surface area (TPSA) is 101 Å². The SMILES string of the molecule is Cc1ccc(C(=O)O)cc1NS(=O)(=O)c1cn(C)cn1. The van der Waals surface area contributed by atoms with Crippen molar-refractivity contribution in [3.8, 4) is 0 Å². The number of nitrogens with zero attached hydrogens (tertiary/aromatic N) is 2. The highest BCUT2D eigenvalue weighted by Crippen LogP contribution is 2.20. The van der Waals surface area contributed by atoms with Crippen molar-refractivity contribution in [3.05, 3.63) is 41.9 Å². The lowest BCUT2D eigenvalue weighted by Gasteiger charge is -2.09. The normalized spacial score (nSPS) is 11.3. The Morgan fingerprint density at radius 2 is 2.10 bits per heavy atom. The van der Waals surface area contributed by atoms with Crippen LogP contribution < -0.4 is 4.72 Å². The summed E-state index contributed by atoms with van der Waals surface area (Å²) < 4.78 is 28.1. The molecule has 0 fully saturated rings. The molecule has 0 radical (unpaired) electrons. The van der Waals surface area contributed by atoms with Gasteiger partial charge in [0.15, 0.2) is 5.03 Å². The number of hydrogen-bond acceptors (Lipinski definition) is 4. The molecule has 2 aromatic rings. The Hall–Kier alpha value is -2.35. The molecule has 0 spiro atoms. The van der Waals surface area contributed by atoms with Crippen LogP contribution in [0.1, 0.15) is 15.9 Å². The van der Waals surface area contributed by atoms with Gasteiger partial charge in [-0.25, -0.2) is 9.78 Å². The Kier molecular flexibility index (Phi) is 3.49. The molecule has 1 aromatic carbocycles. The van der Waals surface area contributed by atoms with Crippen molar-refractivity contribution in [1.82, 2.24) is 9.55 Å². The van der Waals surface area contributed by atoms with Gasteiger partial charge in [-0.05, 0) is 24.6 Å². The zero-order valence-electron chi connectivity index (χ0n) is 10.9. The summed E-state index contributed by atoms with van der Waals surface area (Å²) in [6.07, 6.45) is 2.73. The van der Waals surface area contributed by atoms with Gasteiger partial charge >= 0.3 is 5.97 Å². The lowest BCUT2D eigenvalue weighted by atomic mass is 10.1. The molecule has 1 heterocycles. The Balaban J connectivity index is 2.39. The van der Waals surface area contributed by atoms with E-state index in [9.17, 15) is 13.2 Å². The number of benzene rings is 1. The van der Waals surface area contributed by atoms with Crippen LogP contribution in [0.25, 0.3) is 0 Å². The van der Waals surface area contributed by atoms with Gasteiger partial charge in [-0.15, -0.1) is 0 Å². The lowest BCUT2D eigenvalue weighted by molar-refractivity contribution is 0.0697. The maximum absolute atomic E-state index is 12.1. The van der Waals surface area contributed by atoms with Crippen molar-refractivity contribution >= 4 is 21.7 Å². The molecule has 0 atom stereocenters. The maximum atomic E-state index is 12.1. The zero-order chi connectivity index (χ0) is 14.9. The molecule has 8 heteroatoms. The minimum atomic E-state index is -3.83. The van der Waals surface area contributed by atoms with Crippen LogP contribution in [0.5, 0.6) is 0 Å². The number of anilines is 1. The number of carboxylic acid groups (broad SMARTS) is 1. The molecule has 7 nitrogen and oxygen atoms in total. The van der Waals surface area contributed by atoms with E-state index in [-0.39, 0.29) is 16.3 Å². The van der Waals surface area contributed by atoms with Crippen molar-refractivity contribution in [3.63, 3.8) is 0 Å². The molecule has 0 saturated carbocycles. The van der Waals surface area contributed by atoms with Crippen LogP contribution in [0, 0.1) is 6.92 Å². The Labute approximate surface area is 115 Å². The summed E-state index contributed by atoms with van der Waals surface area (Å²) in [5.41, 5.74) is 0.847. The van der Waals surface area contributed by atoms with Gasteiger partial charge in [0.1, 0.15) is 0 Å². The number of nitrogens with one attached hydrogen (secondary N) is 1. The first-order valence-electron chi connectivity index (χ1n) is 5.64. The molecule has 0 aliphatic heterocycles. The molecule has 0 aliphatic carbocycles. The fraction of sp³-hybridized carbons (Fsp3) is 0.167. The van der Waals surface area contributed by atoms with E-state index in [0.29, 0.717) is 5.56 Å². The number of hydrogen-bond donors (Lipinski definition) is 2. The molecule has 1 aromatic heterocycles. The molecule has 0 aliphatic rings. The van der Waals surface area contributed by atoms with Crippen molar-refractivity contribution in [2.24, 2.45) is 7.05 Å². The van der Waals surface area contributed by atoms with E-state index in [0.717, 1.165) is 0 Å². The molecular weight excluding hydrogens is 282 g/mol. The van der Waals surface area contributed by atoms with Gasteiger partial charge in [-0.2, -0.15) is 8.42 Å². The van der Waals surface area contributed by atoms with E-state index in [1.54, 1.807) is 20.0 Å². The second kappa shape index (κ2) is 4.97. The fourth-order valence-electron chi connectivity index (χ4n) is 1.59. The summed E-state index contributed by atoms with van der Waals surface area (Å²) in [6.45, 7) is 1.68. The van der Waals surface area contributed by atoms with Crippen molar-refractivity contribution in [2.45, 2.75) is 11.9 Å². The van der Waals surface area contributed by atoms with Crippen LogP contribution in [0.3, 0.4) is 0 Å². The van der Waals surface area contributed by atoms with Gasteiger partial charge < -0.3 is 9.67 Å². The van der Waals surface area contributed by atoms with E-state index < -0.39 is 16.0 Å². The summed E-state index contributed by atoms with van der Waals surface area (Å²) in [5.74, 6) is -1.12. The largest absolute Gasteiger partial charge is 0.478 e. The predicted octanol–water partition coefficient (Wildman–Crippen LogP) is 1.23. The van der Waals surface area contributed by atoms with Gasteiger partial charge in [0.25, 0.3) is 10.0 Å². The highest BCUT2D eigenvalue weighted by molar-refractivity contribution is 7.92. The predicted molar refractivity (Wildman–Crippen MR) is 72.2 cm³/mol. The van der Waals surface area contributed by atoms with Crippen LogP contribution in [-0.4, -0.2) is 29.0 Å². The summed E-state index contributed by atoms with van der Waals surface area (Å²) in [4.78, 5) is 14.7. The number of aryl methyl sites for hydroxylation is 2. The third-order valence-electron chi connectivity index (χ3n) is 2.69. The zero-order valence-corrected chi connectivity index (χ0v) is 11.7. The number of sulfonamides is 1. The minimum absolute atomic E-state index is 0.00863. The molecule has 0 saturated heterocycles. The van der Waals surface area contributed by atoms with Crippen molar-refractivity contribution in [2.75, 3.05) is 4.72 Å². The fourth-order valence-corrected chi connectivity index (χ4v) is 2.69. The summed E-state index contributed by atoms with van der Waals surface area (Å²) >= 11 is 0. The smallest absolute Gasteiger partial charge is 0.335 e. The first-order chi connectivity index (χ1) is 9.29. The summed E-state index contributed by atoms with van der Waals surface area (Å²) in [6, 6.07) is 4.23. The maximum Gasteiger partial charge on any atom is 0.335 e. The van der Waals surface area contributed by atoms with E-state index in [4.69, 9.17) is 5.11 Å². The second-order valence-electron chi connectivity index (χ2n) is 4.32. The summed E-state index contributed by atoms with van der Waals surface area (Å²) in [5, 5.41) is 8.80. The number of imidazole rings is 1. The van der Waals surface area contributed by atoms with E-state index >= 15 is 0 Å². The number of carbonyl (C=O) groups is 1. The monoisotopic (exact) mass is 295 g/mol. The average Bonchev–Trinajstić information content (AvgIpc) is 2.79. The van der Waals surface area contributed by atoms with Gasteiger partial charge in [-0.1, -0.05) is 6.07 Å². The van der Waals surface area contributed by atoms with Crippen LogP contribution in [-0.2, 0) is 17.1 Å². The Morgan fingerprint density at radius 3 is 2.65 bits per heavy atom. The van der Waals surface area contributed by atoms with Gasteiger partial charge in [0, 0.05) is 13.2 Å². The Morgan fingerprint density at radius 1 is 1.40 bits per heavy atom. The number of aromatic nitrogens is 2. The molecule has 0 bridgehead atoms. The Bertz CT molecular complexity index is 765. The standard InChI is InChI=1S/C12H13N3O4S/c1-8-3-4-9(12(16)17)5-10(8)14-20(18,19)11-6-15(2)7-13-11/h3-7,14H,1-2H3,(H,16,17). The van der Waals surface area contributed by atoms with Gasteiger partial charge in [0.2, 0.25) is 0 Å². The van der Waals surface area contributed by atoms with E-state index in [1.165, 1.54) is 29.2 Å². The minimum Gasteiger partial charge on any atom is -0.478 e. The summed E-state index contributed by atoms with van der Waals surface area (Å²) in [7, 11) is -2.18. The highest BCUT2D eigenvalue weighted by Gasteiger charge is 2.18. The number of rotatable bonds is 4. The molecule has 2 N–H and O–H groups in total. The highest BCUT2D eigenvalue weighted by atomic mass is 32.2. The van der Waals surface area contributed by atoms with Gasteiger partial charge in [0.05, 0.1) is 17.6 Å². The van der Waals surface area contributed by atoms with Crippen LogP contribution in [0.4, 0.5) is 5.69 Å². The molecule has 2 rings (SSSR count). The molecular formula is C12H13N3O4S. The number of aromatic carboxylic acids is 1. The first-order valence-corrected chi connectivity index (χ1v) is 7.12. The molecule has 106 valence electrons. The van der Waals surface area contributed by atoms with Crippen LogP contribution >= 0.6 is 0 Å². The number of carboxylic acids is 1. The lowest BCUT2D eigenvalue weighted by Crippen LogP contribution is -2.14. The molecule has 0 unspecified atom stereocenters. The van der Waals surface area contributed by atoms with E-state index in [1.807, 2.05) is 0 Å². The van der Waals surface area contributed by atoms with Crippen molar-refractivity contribution < 1.29 is 18.3 Å². The second-order valence-corrected chi connectivity index (χ2v) is 5.95. The first kappa shape index (κ1) is 14.1. The van der Waals surface area contributed by atoms with E-state index in [2.05, 4.69) is 9.71 Å². The van der Waals surface area contributed by atoms with Crippen LogP contribution in [0.2, 0.25) is 0 Å².